The Kier molecular flexibility index (Phi) is 2.77. The summed E-state index contributed by atoms with van der Waals surface area (Å²) in [5, 5.41) is 11.8. The first-order chi connectivity index (χ1) is 9.08. The number of tetrazole rings is 1. The molecule has 5 heteroatoms. The zero-order valence-corrected chi connectivity index (χ0v) is 11.7. The van der Waals surface area contributed by atoms with Crippen molar-refractivity contribution < 1.29 is 0 Å². The second-order valence-corrected chi connectivity index (χ2v) is 5.82. The number of rotatable bonds is 1. The third-order valence-electron chi connectivity index (χ3n) is 3.86. The fourth-order valence-electron chi connectivity index (χ4n) is 2.96. The van der Waals surface area contributed by atoms with Gasteiger partial charge in [-0.15, -0.1) is 0 Å². The van der Waals surface area contributed by atoms with Crippen LogP contribution in [0.4, 0.5) is 5.95 Å². The van der Waals surface area contributed by atoms with E-state index in [1.807, 2.05) is 7.05 Å². The minimum atomic E-state index is 0.0963. The summed E-state index contributed by atoms with van der Waals surface area (Å²) in [5.41, 5.74) is 2.97. The first-order valence-corrected chi connectivity index (χ1v) is 6.63. The van der Waals surface area contributed by atoms with E-state index in [9.17, 15) is 0 Å². The van der Waals surface area contributed by atoms with Crippen molar-refractivity contribution in [1.82, 2.24) is 20.2 Å². The third kappa shape index (κ3) is 2.09. The maximum atomic E-state index is 4.14. The van der Waals surface area contributed by atoms with Crippen LogP contribution >= 0.6 is 0 Å². The molecular weight excluding hydrogens is 238 g/mol. The second kappa shape index (κ2) is 4.33. The molecule has 0 unspecified atom stereocenters. The molecule has 1 aliphatic heterocycles. The van der Waals surface area contributed by atoms with Gasteiger partial charge in [-0.3, -0.25) is 0 Å². The third-order valence-corrected chi connectivity index (χ3v) is 3.86. The summed E-state index contributed by atoms with van der Waals surface area (Å²) >= 11 is 0. The number of hydrogen-bond acceptors (Lipinski definition) is 4. The lowest BCUT2D eigenvalue weighted by Crippen LogP contribution is -2.37. The highest BCUT2D eigenvalue weighted by molar-refractivity contribution is 5.41. The average molecular weight is 257 g/mol. The Balaban J connectivity index is 1.98. The molecule has 3 rings (SSSR count). The highest BCUT2D eigenvalue weighted by atomic mass is 15.6. The molecule has 0 bridgehead atoms. The quantitative estimate of drug-likeness (QED) is 0.777. The number of aryl methyl sites for hydroxylation is 1. The first-order valence-electron chi connectivity index (χ1n) is 6.63. The highest BCUT2D eigenvalue weighted by Crippen LogP contribution is 2.31. The van der Waals surface area contributed by atoms with E-state index in [-0.39, 0.29) is 5.41 Å². The standard InChI is InChI=1S/C14H19N5/c1-14(2)10-19(13-15-16-17-18(13)3)9-8-11-6-4-5-7-12(11)14/h4-7H,8-10H2,1-3H3. The maximum absolute atomic E-state index is 4.14. The van der Waals surface area contributed by atoms with Gasteiger partial charge in [0.05, 0.1) is 0 Å². The van der Waals surface area contributed by atoms with Crippen LogP contribution < -0.4 is 4.90 Å². The maximum Gasteiger partial charge on any atom is 0.245 e. The van der Waals surface area contributed by atoms with E-state index in [2.05, 4.69) is 58.5 Å². The molecule has 0 N–H and O–H groups in total. The predicted molar refractivity (Wildman–Crippen MR) is 74.2 cm³/mol. The van der Waals surface area contributed by atoms with Crippen LogP contribution in [0.3, 0.4) is 0 Å². The van der Waals surface area contributed by atoms with Crippen LogP contribution in [-0.2, 0) is 18.9 Å². The van der Waals surface area contributed by atoms with Gasteiger partial charge in [-0.05, 0) is 28.0 Å². The minimum Gasteiger partial charge on any atom is -0.338 e. The molecule has 2 aromatic rings. The molecule has 0 saturated heterocycles. The molecule has 0 spiro atoms. The van der Waals surface area contributed by atoms with Crippen LogP contribution in [0.5, 0.6) is 0 Å². The first kappa shape index (κ1) is 12.1. The van der Waals surface area contributed by atoms with Crippen LogP contribution in [0, 0.1) is 0 Å². The van der Waals surface area contributed by atoms with Crippen molar-refractivity contribution in [2.45, 2.75) is 25.7 Å². The number of nitrogens with zero attached hydrogens (tertiary/aromatic N) is 5. The lowest BCUT2D eigenvalue weighted by atomic mass is 9.82. The summed E-state index contributed by atoms with van der Waals surface area (Å²) in [6.07, 6.45) is 1.03. The van der Waals surface area contributed by atoms with Crippen molar-refractivity contribution in [3.05, 3.63) is 35.4 Å². The van der Waals surface area contributed by atoms with Gasteiger partial charge in [-0.2, -0.15) is 0 Å². The van der Waals surface area contributed by atoms with E-state index in [4.69, 9.17) is 0 Å². The van der Waals surface area contributed by atoms with Gasteiger partial charge in [0.2, 0.25) is 5.95 Å². The Morgan fingerprint density at radius 2 is 2.00 bits per heavy atom. The zero-order chi connectivity index (χ0) is 13.5. The summed E-state index contributed by atoms with van der Waals surface area (Å²) in [5.74, 6) is 0.848. The van der Waals surface area contributed by atoms with Crippen LogP contribution in [0.15, 0.2) is 24.3 Å². The number of fused-ring (bicyclic) bond motifs is 1. The zero-order valence-electron chi connectivity index (χ0n) is 11.7. The lowest BCUT2D eigenvalue weighted by molar-refractivity contribution is 0.514. The number of anilines is 1. The van der Waals surface area contributed by atoms with Crippen molar-refractivity contribution in [2.75, 3.05) is 18.0 Å². The molecular formula is C14H19N5. The van der Waals surface area contributed by atoms with Gasteiger partial charge in [-0.1, -0.05) is 43.2 Å². The summed E-state index contributed by atoms with van der Waals surface area (Å²) in [6.45, 7) is 6.45. The van der Waals surface area contributed by atoms with E-state index in [1.165, 1.54) is 11.1 Å². The van der Waals surface area contributed by atoms with Crippen molar-refractivity contribution in [3.8, 4) is 0 Å². The van der Waals surface area contributed by atoms with E-state index >= 15 is 0 Å². The van der Waals surface area contributed by atoms with E-state index in [1.54, 1.807) is 4.68 Å². The van der Waals surface area contributed by atoms with Crippen LogP contribution in [0.25, 0.3) is 0 Å². The summed E-state index contributed by atoms with van der Waals surface area (Å²) in [4.78, 5) is 2.28. The van der Waals surface area contributed by atoms with Gasteiger partial charge in [0.25, 0.3) is 0 Å². The van der Waals surface area contributed by atoms with E-state index in [0.29, 0.717) is 0 Å². The number of hydrogen-bond donors (Lipinski definition) is 0. The van der Waals surface area contributed by atoms with Crippen molar-refractivity contribution in [3.63, 3.8) is 0 Å². The fraction of sp³-hybridized carbons (Fsp3) is 0.500. The van der Waals surface area contributed by atoms with Gasteiger partial charge in [-0.25, -0.2) is 4.68 Å². The van der Waals surface area contributed by atoms with Crippen LogP contribution in [-0.4, -0.2) is 33.3 Å². The minimum absolute atomic E-state index is 0.0963. The molecule has 0 fully saturated rings. The van der Waals surface area contributed by atoms with Crippen molar-refractivity contribution >= 4 is 5.95 Å². The van der Waals surface area contributed by atoms with Gasteiger partial charge in [0.1, 0.15) is 0 Å². The molecule has 2 heterocycles. The van der Waals surface area contributed by atoms with Gasteiger partial charge in [0, 0.05) is 25.6 Å². The largest absolute Gasteiger partial charge is 0.338 e. The topological polar surface area (TPSA) is 46.8 Å². The normalized spacial score (nSPS) is 17.9. The molecule has 0 aliphatic carbocycles. The van der Waals surface area contributed by atoms with Crippen LogP contribution in [0.1, 0.15) is 25.0 Å². The van der Waals surface area contributed by atoms with Gasteiger partial charge < -0.3 is 4.90 Å². The molecule has 1 aromatic carbocycles. The average Bonchev–Trinajstić information content (AvgIpc) is 2.75. The summed E-state index contributed by atoms with van der Waals surface area (Å²) < 4.78 is 1.74. The Morgan fingerprint density at radius 3 is 2.74 bits per heavy atom. The molecule has 5 nitrogen and oxygen atoms in total. The monoisotopic (exact) mass is 257 g/mol. The Bertz CT molecular complexity index is 587. The van der Waals surface area contributed by atoms with Crippen molar-refractivity contribution in [1.29, 1.82) is 0 Å². The predicted octanol–water partition coefficient (Wildman–Crippen LogP) is 1.55. The summed E-state index contributed by atoms with van der Waals surface area (Å²) in [6, 6.07) is 8.72. The number of benzene rings is 1. The molecule has 0 saturated carbocycles. The van der Waals surface area contributed by atoms with E-state index < -0.39 is 0 Å². The smallest absolute Gasteiger partial charge is 0.245 e. The molecule has 1 aliphatic rings. The number of aromatic nitrogens is 4. The molecule has 0 atom stereocenters. The Labute approximate surface area is 113 Å². The summed E-state index contributed by atoms with van der Waals surface area (Å²) in [7, 11) is 1.89. The Morgan fingerprint density at radius 1 is 1.21 bits per heavy atom. The molecule has 100 valence electrons. The molecule has 0 amide bonds. The fourth-order valence-corrected chi connectivity index (χ4v) is 2.96. The SMILES string of the molecule is Cn1nnnc1N1CCc2ccccc2C(C)(C)C1. The van der Waals surface area contributed by atoms with E-state index in [0.717, 1.165) is 25.5 Å². The van der Waals surface area contributed by atoms with Gasteiger partial charge >= 0.3 is 0 Å². The highest BCUT2D eigenvalue weighted by Gasteiger charge is 2.30. The van der Waals surface area contributed by atoms with Crippen LogP contribution in [0.2, 0.25) is 0 Å². The van der Waals surface area contributed by atoms with Crippen molar-refractivity contribution in [2.24, 2.45) is 7.05 Å². The molecule has 19 heavy (non-hydrogen) atoms. The molecule has 0 radical (unpaired) electrons. The Hall–Kier alpha value is -1.91. The second-order valence-electron chi connectivity index (χ2n) is 5.82. The lowest BCUT2D eigenvalue weighted by Gasteiger charge is -2.30. The molecule has 1 aromatic heterocycles. The van der Waals surface area contributed by atoms with Gasteiger partial charge in [0.15, 0.2) is 0 Å².